The van der Waals surface area contributed by atoms with Crippen LogP contribution in [-0.2, 0) is 32.8 Å². The van der Waals surface area contributed by atoms with Crippen molar-refractivity contribution in [3.63, 3.8) is 0 Å². The first-order valence-electron chi connectivity index (χ1n) is 26.2. The molecule has 3 aromatic heterocycles. The van der Waals surface area contributed by atoms with Gasteiger partial charge in [-0.25, -0.2) is 14.0 Å². The second-order valence-corrected chi connectivity index (χ2v) is 23.3. The maximum absolute atomic E-state index is 15.5. The molecule has 0 aliphatic carbocycles. The Bertz CT molecular complexity index is 2610. The molecule has 17 nitrogen and oxygen atoms in total. The van der Waals surface area contributed by atoms with Crippen LogP contribution in [0.15, 0.2) is 30.4 Å². The van der Waals surface area contributed by atoms with Crippen molar-refractivity contribution in [3.05, 3.63) is 59.6 Å². The summed E-state index contributed by atoms with van der Waals surface area (Å²) in [7, 11) is 3.30. The fourth-order valence-corrected chi connectivity index (χ4v) is 11.8. The Morgan fingerprint density at radius 2 is 1.15 bits per heavy atom. The van der Waals surface area contributed by atoms with E-state index < -0.39 is 80.5 Å². The third-order valence-electron chi connectivity index (χ3n) is 14.0. The van der Waals surface area contributed by atoms with Crippen LogP contribution in [0.1, 0.15) is 90.2 Å². The maximum Gasteiger partial charge on any atom is 0.425 e. The number of esters is 2. The number of hydrogen-bond donors (Lipinski definition) is 4. The van der Waals surface area contributed by atoms with Crippen LogP contribution in [0.2, 0.25) is 13.6 Å². The highest BCUT2D eigenvalue weighted by molar-refractivity contribution is 7.14. The van der Waals surface area contributed by atoms with E-state index in [2.05, 4.69) is 38.5 Å². The van der Waals surface area contributed by atoms with E-state index in [1.54, 1.807) is 19.7 Å². The van der Waals surface area contributed by atoms with Gasteiger partial charge < -0.3 is 58.6 Å². The standard InChI is InChI=1S/C24H30F4N4O2S.C13H17BF3NO4S.C7H5F3O3S.C6H14BNO2/c1-30-15-17(16-30)3-2-8-31-11-6-23(25,7-12-31)22(33)32-9-4-18(5-10-32)34-19-13-21(24(26,27)28)35-20(19)14-29;1-14(20)18-5-3-8(4-6-18)22-9-7-10(13(15,16)17)23-11(9)12(19)21-2;1-13-6(12)5-3(11)2-4(14-5)7(8,9)10;1-7(10)8-4-2-6(9)3-5-8/h2-3,13,17-18H,4-12,15-16H2,1H3;7-8,20H,3-6H2,1-2H3;2,11H,1H3;6,9-10H,2-5H2,1H3/b3-2+;;;. The molecule has 0 spiro atoms. The lowest BCUT2D eigenvalue weighted by molar-refractivity contribution is -0.149. The lowest BCUT2D eigenvalue weighted by Gasteiger charge is -2.40. The topological polar surface area (TPSA) is 209 Å². The third-order valence-corrected chi connectivity index (χ3v) is 17.4. The number of halogens is 10. The molecule has 5 fully saturated rings. The third kappa shape index (κ3) is 19.7. The van der Waals surface area contributed by atoms with Gasteiger partial charge in [-0.15, -0.1) is 34.0 Å². The number of piperidine rings is 4. The van der Waals surface area contributed by atoms with E-state index in [9.17, 15) is 58.9 Å². The lowest BCUT2D eigenvalue weighted by Crippen LogP contribution is -2.54. The second kappa shape index (κ2) is 29.9. The first-order chi connectivity index (χ1) is 38.3. The first kappa shape index (κ1) is 68.1. The molecule has 5 aliphatic rings. The summed E-state index contributed by atoms with van der Waals surface area (Å²) in [6.45, 7) is 10.7. The number of aliphatic hydroxyl groups excluding tert-OH is 1. The van der Waals surface area contributed by atoms with Gasteiger partial charge in [-0.2, -0.15) is 44.8 Å². The molecule has 5 aliphatic heterocycles. The largest absolute Gasteiger partial charge is 0.506 e. The Kier molecular flexibility index (Phi) is 24.8. The monoisotopic (exact) mass is 1230 g/mol. The molecule has 0 bridgehead atoms. The fraction of sp³-hybridized carbons (Fsp3) is 0.640. The van der Waals surface area contributed by atoms with Gasteiger partial charge in [0.05, 0.1) is 20.3 Å². The molecule has 0 aromatic carbocycles. The number of nitriles is 1. The van der Waals surface area contributed by atoms with Crippen molar-refractivity contribution in [2.75, 3.05) is 93.3 Å². The zero-order chi connectivity index (χ0) is 60.9. The molecule has 0 radical (unpaired) electrons. The molecule has 0 saturated carbocycles. The summed E-state index contributed by atoms with van der Waals surface area (Å²) >= 11 is 0.822. The summed E-state index contributed by atoms with van der Waals surface area (Å²) in [5.41, 5.74) is -1.88. The molecule has 8 rings (SSSR count). The molecular formula is C50H66B2F10N6O11S3. The van der Waals surface area contributed by atoms with Crippen molar-refractivity contribution in [1.29, 1.82) is 5.26 Å². The van der Waals surface area contributed by atoms with Crippen LogP contribution in [0, 0.1) is 17.2 Å². The van der Waals surface area contributed by atoms with Crippen LogP contribution in [0.5, 0.6) is 17.2 Å². The number of aromatic hydroxyl groups is 1. The average Bonchev–Trinajstić information content (AvgIpc) is 4.33. The van der Waals surface area contributed by atoms with Crippen molar-refractivity contribution in [3.8, 4) is 23.3 Å². The van der Waals surface area contributed by atoms with E-state index in [1.807, 2.05) is 9.62 Å². The number of carbonyl (C=O) groups excluding carboxylic acids is 3. The minimum absolute atomic E-state index is 0.0812. The van der Waals surface area contributed by atoms with Gasteiger partial charge in [-0.3, -0.25) is 9.69 Å². The number of amides is 1. The van der Waals surface area contributed by atoms with Gasteiger partial charge in [-0.1, -0.05) is 12.2 Å². The maximum atomic E-state index is 15.5. The minimum atomic E-state index is -4.56. The molecule has 4 N–H and O–H groups in total. The number of aliphatic hydroxyl groups is 1. The molecular weight excluding hydrogens is 1170 g/mol. The van der Waals surface area contributed by atoms with E-state index in [4.69, 9.17) is 30.0 Å². The van der Waals surface area contributed by atoms with Crippen LogP contribution >= 0.6 is 34.0 Å². The summed E-state index contributed by atoms with van der Waals surface area (Å²) < 4.78 is 149. The fourth-order valence-electron chi connectivity index (χ4n) is 9.30. The van der Waals surface area contributed by atoms with Gasteiger partial charge >= 0.3 is 44.6 Å². The smallest absolute Gasteiger partial charge is 0.425 e. The number of nitrogens with zero attached hydrogens (tertiary/aromatic N) is 6. The summed E-state index contributed by atoms with van der Waals surface area (Å²) in [5, 5.41) is 45.8. The van der Waals surface area contributed by atoms with E-state index in [-0.39, 0.29) is 77.8 Å². The van der Waals surface area contributed by atoms with Crippen molar-refractivity contribution in [2.24, 2.45) is 5.92 Å². The number of rotatable bonds is 12. The Morgan fingerprint density at radius 1 is 0.707 bits per heavy atom. The molecule has 456 valence electrons. The highest BCUT2D eigenvalue weighted by atomic mass is 32.1. The average molecular weight is 1230 g/mol. The number of methoxy groups -OCH3 is 2. The number of alkyl halides is 10. The molecule has 1 amide bonds. The van der Waals surface area contributed by atoms with Crippen LogP contribution in [-0.4, -0.2) is 194 Å². The highest BCUT2D eigenvalue weighted by Gasteiger charge is 2.45. The summed E-state index contributed by atoms with van der Waals surface area (Å²) in [5.74, 6) is -2.63. The lowest BCUT2D eigenvalue weighted by atomic mass is 9.82. The molecule has 5 saturated heterocycles. The molecule has 32 heteroatoms. The SMILES string of the molecule is CB(O)N1CCC(O)CC1.CN1CC(/C=C/CN2CCC(F)(C(=O)N3CCC(Oc4cc(C(F)(F)F)sc4C#N)CC3)CC2)C1.COC(=O)c1sc(C(F)(F)F)cc1O.COC(=O)c1sc(C(F)(F)F)cc1OC1CCN(B(C)O)CC1. The zero-order valence-electron chi connectivity index (χ0n) is 45.6. The van der Waals surface area contributed by atoms with Gasteiger partial charge in [0.15, 0.2) is 15.4 Å². The molecule has 3 aromatic rings. The Labute approximate surface area is 480 Å². The predicted molar refractivity (Wildman–Crippen MR) is 287 cm³/mol. The second-order valence-electron chi connectivity index (χ2n) is 20.2. The van der Waals surface area contributed by atoms with Crippen molar-refractivity contribution in [2.45, 2.75) is 108 Å². The van der Waals surface area contributed by atoms with Crippen molar-refractivity contribution >= 4 is 66.0 Å². The molecule has 82 heavy (non-hydrogen) atoms. The van der Waals surface area contributed by atoms with Gasteiger partial charge in [0, 0.05) is 95.6 Å². The molecule has 8 heterocycles. The van der Waals surface area contributed by atoms with Crippen LogP contribution in [0.4, 0.5) is 43.9 Å². The van der Waals surface area contributed by atoms with Gasteiger partial charge in [0.25, 0.3) is 5.91 Å². The van der Waals surface area contributed by atoms with Crippen molar-refractivity contribution in [1.82, 2.24) is 24.3 Å². The zero-order valence-corrected chi connectivity index (χ0v) is 48.1. The van der Waals surface area contributed by atoms with Gasteiger partial charge in [-0.05, 0) is 72.6 Å². The number of hydrogen-bond acceptors (Lipinski definition) is 19. The predicted octanol–water partition coefficient (Wildman–Crippen LogP) is 8.25. The molecule has 0 unspecified atom stereocenters. The van der Waals surface area contributed by atoms with Crippen molar-refractivity contribution < 1.29 is 97.5 Å². The first-order valence-corrected chi connectivity index (χ1v) is 28.6. The minimum Gasteiger partial charge on any atom is -0.506 e. The van der Waals surface area contributed by atoms with Gasteiger partial charge in [0.2, 0.25) is 0 Å². The van der Waals surface area contributed by atoms with Gasteiger partial charge in [0.1, 0.15) is 55.0 Å². The molecule has 0 atom stereocenters. The van der Waals surface area contributed by atoms with Crippen LogP contribution < -0.4 is 9.47 Å². The summed E-state index contributed by atoms with van der Waals surface area (Å²) in [6, 6.07) is 3.95. The Balaban J connectivity index is 0.000000224. The van der Waals surface area contributed by atoms with Crippen LogP contribution in [0.3, 0.4) is 0 Å². The number of carbonyl (C=O) groups is 3. The summed E-state index contributed by atoms with van der Waals surface area (Å²) in [4.78, 5) is 41.6. The number of thiophene rings is 3. The summed E-state index contributed by atoms with van der Waals surface area (Å²) in [6.07, 6.45) is -6.39. The number of ether oxygens (including phenoxy) is 4. The van der Waals surface area contributed by atoms with E-state index in [0.29, 0.717) is 86.5 Å². The van der Waals surface area contributed by atoms with E-state index in [1.165, 1.54) is 4.90 Å². The normalized spacial score (nSPS) is 19.3. The van der Waals surface area contributed by atoms with E-state index in [0.717, 1.165) is 71.9 Å². The Hall–Kier alpha value is -4.71. The number of likely N-dealkylation sites (tertiary alicyclic amines) is 3. The quantitative estimate of drug-likeness (QED) is 0.0583. The Morgan fingerprint density at radius 3 is 1.61 bits per heavy atom. The highest BCUT2D eigenvalue weighted by Crippen LogP contribution is 2.43. The van der Waals surface area contributed by atoms with Crippen LogP contribution in [0.25, 0.3) is 0 Å². The van der Waals surface area contributed by atoms with E-state index >= 15 is 4.39 Å².